The van der Waals surface area contributed by atoms with Crippen molar-refractivity contribution < 1.29 is 24.2 Å². The maximum absolute atomic E-state index is 13.3. The number of carbonyl (C=O) groups is 3. The number of aliphatic carboxylic acids is 1. The van der Waals surface area contributed by atoms with Gasteiger partial charge >= 0.3 is 12.1 Å². The first-order valence-electron chi connectivity index (χ1n) is 11.7. The molecular formula is C27H34N2O5. The molecule has 7 nitrogen and oxygen atoms in total. The number of hydrogen-bond donors (Lipinski definition) is 2. The number of alkyl carbamates (subject to hydrolysis) is 1. The van der Waals surface area contributed by atoms with E-state index in [4.69, 9.17) is 9.84 Å². The van der Waals surface area contributed by atoms with Crippen LogP contribution in [0, 0.1) is 5.92 Å². The summed E-state index contributed by atoms with van der Waals surface area (Å²) in [6.07, 6.45) is -0.834. The minimum absolute atomic E-state index is 0.0628. The van der Waals surface area contributed by atoms with Crippen LogP contribution in [-0.2, 0) is 14.3 Å². The summed E-state index contributed by atoms with van der Waals surface area (Å²) >= 11 is 0. The fourth-order valence-corrected chi connectivity index (χ4v) is 4.43. The van der Waals surface area contributed by atoms with E-state index in [0.29, 0.717) is 0 Å². The third kappa shape index (κ3) is 5.58. The van der Waals surface area contributed by atoms with Gasteiger partial charge in [0.25, 0.3) is 0 Å². The highest BCUT2D eigenvalue weighted by atomic mass is 16.5. The molecule has 34 heavy (non-hydrogen) atoms. The van der Waals surface area contributed by atoms with E-state index in [0.717, 1.165) is 22.3 Å². The van der Waals surface area contributed by atoms with E-state index in [1.807, 2.05) is 71.0 Å². The SMILES string of the molecule is CC(C)[C@@H](NC(=O)OCC1c2ccccc2-c2ccccc21)C(=O)N(CCC(=O)O)C(C)(C)C. The zero-order valence-corrected chi connectivity index (χ0v) is 20.5. The van der Waals surface area contributed by atoms with Crippen LogP contribution in [0.1, 0.15) is 58.1 Å². The Morgan fingerprint density at radius 2 is 1.53 bits per heavy atom. The molecule has 0 aliphatic heterocycles. The lowest BCUT2D eigenvalue weighted by Gasteiger charge is -2.38. The van der Waals surface area contributed by atoms with Gasteiger partial charge in [0.15, 0.2) is 0 Å². The summed E-state index contributed by atoms with van der Waals surface area (Å²) in [6, 6.07) is 15.3. The van der Waals surface area contributed by atoms with Crippen molar-refractivity contribution in [2.75, 3.05) is 13.2 Å². The fourth-order valence-electron chi connectivity index (χ4n) is 4.43. The van der Waals surface area contributed by atoms with E-state index >= 15 is 0 Å². The van der Waals surface area contributed by atoms with Crippen LogP contribution in [0.25, 0.3) is 11.1 Å². The van der Waals surface area contributed by atoms with Gasteiger partial charge in [-0.3, -0.25) is 9.59 Å². The van der Waals surface area contributed by atoms with E-state index in [2.05, 4.69) is 17.4 Å². The molecule has 0 saturated carbocycles. The van der Waals surface area contributed by atoms with Crippen molar-refractivity contribution in [3.05, 3.63) is 59.7 Å². The molecule has 0 radical (unpaired) electrons. The molecule has 2 aromatic carbocycles. The Balaban J connectivity index is 1.71. The van der Waals surface area contributed by atoms with Gasteiger partial charge in [0.1, 0.15) is 12.6 Å². The smallest absolute Gasteiger partial charge is 0.407 e. The van der Waals surface area contributed by atoms with Crippen molar-refractivity contribution in [1.82, 2.24) is 10.2 Å². The highest BCUT2D eigenvalue weighted by Crippen LogP contribution is 2.44. The molecule has 0 aromatic heterocycles. The topological polar surface area (TPSA) is 95.9 Å². The van der Waals surface area contributed by atoms with E-state index < -0.39 is 23.6 Å². The van der Waals surface area contributed by atoms with E-state index in [1.165, 1.54) is 4.90 Å². The predicted octanol–water partition coefficient (Wildman–Crippen LogP) is 4.65. The molecule has 0 unspecified atom stereocenters. The summed E-state index contributed by atoms with van der Waals surface area (Å²) in [5, 5.41) is 11.8. The van der Waals surface area contributed by atoms with Gasteiger partial charge in [-0.05, 0) is 48.9 Å². The number of benzene rings is 2. The monoisotopic (exact) mass is 466 g/mol. The summed E-state index contributed by atoms with van der Waals surface area (Å²) in [5.41, 5.74) is 3.91. The highest BCUT2D eigenvalue weighted by Gasteiger charge is 2.35. The fraction of sp³-hybridized carbons (Fsp3) is 0.444. The average Bonchev–Trinajstić information content (AvgIpc) is 3.08. The molecule has 7 heteroatoms. The van der Waals surface area contributed by atoms with Gasteiger partial charge < -0.3 is 20.1 Å². The number of nitrogens with zero attached hydrogens (tertiary/aromatic N) is 1. The third-order valence-corrected chi connectivity index (χ3v) is 6.17. The maximum atomic E-state index is 13.3. The zero-order chi connectivity index (χ0) is 25.0. The largest absolute Gasteiger partial charge is 0.481 e. The van der Waals surface area contributed by atoms with Crippen LogP contribution in [-0.4, -0.2) is 52.7 Å². The predicted molar refractivity (Wildman–Crippen MR) is 131 cm³/mol. The Morgan fingerprint density at radius 1 is 1.00 bits per heavy atom. The van der Waals surface area contributed by atoms with Crippen molar-refractivity contribution in [1.29, 1.82) is 0 Å². The average molecular weight is 467 g/mol. The first-order chi connectivity index (χ1) is 16.0. The molecule has 3 rings (SSSR count). The lowest BCUT2D eigenvalue weighted by molar-refractivity contribution is -0.142. The molecule has 0 heterocycles. The second kappa shape index (κ2) is 10.3. The van der Waals surface area contributed by atoms with E-state index in [-0.39, 0.29) is 37.3 Å². The molecule has 0 spiro atoms. The van der Waals surface area contributed by atoms with Gasteiger partial charge in [0.05, 0.1) is 6.42 Å². The van der Waals surface area contributed by atoms with Crippen LogP contribution in [0.2, 0.25) is 0 Å². The molecule has 2 amide bonds. The Hall–Kier alpha value is -3.35. The summed E-state index contributed by atoms with van der Waals surface area (Å²) in [6.45, 7) is 9.43. The van der Waals surface area contributed by atoms with Crippen molar-refractivity contribution in [3.8, 4) is 11.1 Å². The molecule has 0 fully saturated rings. The first kappa shape index (κ1) is 25.3. The Bertz CT molecular complexity index is 1010. The molecule has 0 saturated heterocycles. The standard InChI is InChI=1S/C27H34N2O5/c1-17(2)24(25(32)29(27(3,4)5)15-14-23(30)31)28-26(33)34-16-22-20-12-8-6-10-18(20)19-11-7-9-13-21(19)22/h6-13,17,22,24H,14-16H2,1-5H3,(H,28,33)(H,30,31)/t24-/m1/s1. The molecule has 0 bridgehead atoms. The van der Waals surface area contributed by atoms with Crippen molar-refractivity contribution in [3.63, 3.8) is 0 Å². The van der Waals surface area contributed by atoms with Crippen molar-refractivity contribution >= 4 is 18.0 Å². The Morgan fingerprint density at radius 3 is 2.00 bits per heavy atom. The molecule has 1 aliphatic rings. The lowest BCUT2D eigenvalue weighted by Crippen LogP contribution is -2.57. The zero-order valence-electron chi connectivity index (χ0n) is 20.5. The molecule has 182 valence electrons. The number of hydrogen-bond acceptors (Lipinski definition) is 4. The normalized spacial score (nSPS) is 13.7. The van der Waals surface area contributed by atoms with Gasteiger partial charge in [-0.2, -0.15) is 0 Å². The van der Waals surface area contributed by atoms with Crippen molar-refractivity contribution in [2.24, 2.45) is 5.92 Å². The van der Waals surface area contributed by atoms with E-state index in [1.54, 1.807) is 0 Å². The molecule has 1 aliphatic carbocycles. The molecule has 2 N–H and O–H groups in total. The van der Waals surface area contributed by atoms with Crippen LogP contribution >= 0.6 is 0 Å². The summed E-state index contributed by atoms with van der Waals surface area (Å²) in [4.78, 5) is 38.7. The van der Waals surface area contributed by atoms with E-state index in [9.17, 15) is 14.4 Å². The van der Waals surface area contributed by atoms with Crippen LogP contribution in [0.15, 0.2) is 48.5 Å². The Kier molecular flexibility index (Phi) is 7.64. The van der Waals surface area contributed by atoms with Crippen molar-refractivity contribution in [2.45, 2.75) is 58.5 Å². The second-order valence-corrected chi connectivity index (χ2v) is 10.00. The number of nitrogens with one attached hydrogen (secondary N) is 1. The van der Waals surface area contributed by atoms with Gasteiger partial charge in [0.2, 0.25) is 5.91 Å². The number of ether oxygens (including phenoxy) is 1. The van der Waals surface area contributed by atoms with Gasteiger partial charge in [-0.1, -0.05) is 62.4 Å². The Labute approximate surface area is 201 Å². The van der Waals surface area contributed by atoms with Crippen LogP contribution in [0.5, 0.6) is 0 Å². The molecule has 1 atom stereocenters. The number of rotatable bonds is 8. The number of amides is 2. The highest BCUT2D eigenvalue weighted by molar-refractivity contribution is 5.87. The minimum atomic E-state index is -0.979. The van der Waals surface area contributed by atoms with Gasteiger partial charge in [0, 0.05) is 18.0 Å². The lowest BCUT2D eigenvalue weighted by atomic mass is 9.98. The molecular weight excluding hydrogens is 432 g/mol. The van der Waals surface area contributed by atoms with Crippen LogP contribution < -0.4 is 5.32 Å². The van der Waals surface area contributed by atoms with Gasteiger partial charge in [-0.15, -0.1) is 0 Å². The summed E-state index contributed by atoms with van der Waals surface area (Å²) < 4.78 is 5.62. The first-order valence-corrected chi connectivity index (χ1v) is 11.7. The number of carboxylic acid groups (broad SMARTS) is 1. The summed E-state index contributed by atoms with van der Waals surface area (Å²) in [7, 11) is 0. The van der Waals surface area contributed by atoms with Crippen LogP contribution in [0.3, 0.4) is 0 Å². The maximum Gasteiger partial charge on any atom is 0.407 e. The summed E-state index contributed by atoms with van der Waals surface area (Å²) in [5.74, 6) is -1.58. The second-order valence-electron chi connectivity index (χ2n) is 10.00. The number of fused-ring (bicyclic) bond motifs is 3. The number of carbonyl (C=O) groups excluding carboxylic acids is 2. The van der Waals surface area contributed by atoms with Crippen LogP contribution in [0.4, 0.5) is 4.79 Å². The quantitative estimate of drug-likeness (QED) is 0.590. The van der Waals surface area contributed by atoms with Gasteiger partial charge in [-0.25, -0.2) is 4.79 Å². The number of carboxylic acids is 1. The minimum Gasteiger partial charge on any atom is -0.481 e. The molecule has 2 aromatic rings. The third-order valence-electron chi connectivity index (χ3n) is 6.17.